The molecule has 24 heavy (non-hydrogen) atoms. The van der Waals surface area contributed by atoms with Gasteiger partial charge in [0.15, 0.2) is 5.58 Å². The highest BCUT2D eigenvalue weighted by Crippen LogP contribution is 2.36. The van der Waals surface area contributed by atoms with Crippen LogP contribution in [-0.4, -0.2) is 29.2 Å². The number of rotatable bonds is 3. The van der Waals surface area contributed by atoms with Crippen molar-refractivity contribution in [1.82, 2.24) is 14.3 Å². The molecule has 3 aromatic rings. The van der Waals surface area contributed by atoms with Crippen molar-refractivity contribution in [3.63, 3.8) is 0 Å². The third-order valence-electron chi connectivity index (χ3n) is 4.29. The fraction of sp³-hybridized carbons (Fsp3) is 0.250. The minimum atomic E-state index is -3.68. The van der Waals surface area contributed by atoms with Crippen molar-refractivity contribution in [2.24, 2.45) is 0 Å². The Morgan fingerprint density at radius 2 is 2.00 bits per heavy atom. The Bertz CT molecular complexity index is 1040. The van der Waals surface area contributed by atoms with E-state index in [4.69, 9.17) is 4.42 Å². The van der Waals surface area contributed by atoms with Crippen molar-refractivity contribution in [3.8, 4) is 0 Å². The first-order valence-corrected chi connectivity index (χ1v) is 9.04. The summed E-state index contributed by atoms with van der Waals surface area (Å²) in [5.41, 5.74) is 1.65. The van der Waals surface area contributed by atoms with Crippen molar-refractivity contribution < 1.29 is 12.8 Å². The van der Waals surface area contributed by atoms with Crippen LogP contribution in [0, 0.1) is 0 Å². The van der Waals surface area contributed by atoms with E-state index >= 15 is 0 Å². The summed E-state index contributed by atoms with van der Waals surface area (Å²) in [6.45, 7) is 0.463. The first-order chi connectivity index (χ1) is 11.6. The summed E-state index contributed by atoms with van der Waals surface area (Å²) in [5, 5.41) is 0. The first-order valence-electron chi connectivity index (χ1n) is 7.60. The lowest BCUT2D eigenvalue weighted by Gasteiger charge is -2.24. The molecule has 0 amide bonds. The fourth-order valence-electron chi connectivity index (χ4n) is 3.17. The van der Waals surface area contributed by atoms with Crippen LogP contribution in [0.2, 0.25) is 0 Å². The number of oxazole rings is 1. The molecule has 1 saturated heterocycles. The topological polar surface area (TPSA) is 96.3 Å². The lowest BCUT2D eigenvalue weighted by atomic mass is 10.1. The summed E-state index contributed by atoms with van der Waals surface area (Å²) in [4.78, 5) is 17.9. The summed E-state index contributed by atoms with van der Waals surface area (Å²) in [5.74, 6) is -0.601. The van der Waals surface area contributed by atoms with Gasteiger partial charge in [0.2, 0.25) is 10.0 Å². The summed E-state index contributed by atoms with van der Waals surface area (Å²) in [7, 11) is -3.68. The average molecular weight is 345 g/mol. The van der Waals surface area contributed by atoms with E-state index in [0.717, 1.165) is 18.4 Å². The highest BCUT2D eigenvalue weighted by Gasteiger charge is 2.36. The minimum absolute atomic E-state index is 0.124. The molecule has 8 heteroatoms. The number of hydrogen-bond acceptors (Lipinski definition) is 5. The van der Waals surface area contributed by atoms with Crippen molar-refractivity contribution in [3.05, 3.63) is 58.8 Å². The number of sulfonamides is 1. The second-order valence-corrected chi connectivity index (χ2v) is 7.62. The number of nitrogens with zero attached hydrogens (tertiary/aromatic N) is 2. The van der Waals surface area contributed by atoms with Gasteiger partial charge in [0.1, 0.15) is 0 Å². The van der Waals surface area contributed by atoms with Gasteiger partial charge in [-0.3, -0.25) is 9.97 Å². The van der Waals surface area contributed by atoms with Gasteiger partial charge in [0, 0.05) is 25.0 Å². The van der Waals surface area contributed by atoms with Crippen LogP contribution in [0.4, 0.5) is 0 Å². The number of fused-ring (bicyclic) bond motifs is 1. The number of benzene rings is 1. The molecule has 4 rings (SSSR count). The molecular weight excluding hydrogens is 330 g/mol. The second-order valence-electron chi connectivity index (χ2n) is 5.73. The van der Waals surface area contributed by atoms with Crippen LogP contribution in [0.3, 0.4) is 0 Å². The van der Waals surface area contributed by atoms with E-state index < -0.39 is 15.8 Å². The number of pyridine rings is 1. The minimum Gasteiger partial charge on any atom is -0.408 e. The van der Waals surface area contributed by atoms with E-state index in [9.17, 15) is 13.2 Å². The van der Waals surface area contributed by atoms with E-state index in [0.29, 0.717) is 12.1 Å². The van der Waals surface area contributed by atoms with E-state index in [1.54, 1.807) is 18.5 Å². The molecule has 0 bridgehead atoms. The highest BCUT2D eigenvalue weighted by molar-refractivity contribution is 7.89. The number of aromatic nitrogens is 2. The zero-order valence-corrected chi connectivity index (χ0v) is 13.5. The van der Waals surface area contributed by atoms with Gasteiger partial charge >= 0.3 is 5.76 Å². The molecule has 3 heterocycles. The number of aromatic amines is 1. The second kappa shape index (κ2) is 5.57. The van der Waals surface area contributed by atoms with Crippen LogP contribution in [0.15, 0.2) is 56.8 Å². The Labute approximate surface area is 138 Å². The van der Waals surface area contributed by atoms with Crippen molar-refractivity contribution >= 4 is 21.1 Å². The summed E-state index contributed by atoms with van der Waals surface area (Å²) < 4.78 is 32.6. The SMILES string of the molecule is O=c1[nH]c2ccc(S(=O)(=O)N3CCCC3c3ccncc3)cc2o1. The van der Waals surface area contributed by atoms with Gasteiger partial charge in [0.25, 0.3) is 0 Å². The van der Waals surface area contributed by atoms with Crippen molar-refractivity contribution in [1.29, 1.82) is 0 Å². The average Bonchev–Trinajstić information content (AvgIpc) is 3.20. The third kappa shape index (κ3) is 2.44. The molecule has 0 aliphatic carbocycles. The predicted octanol–water partition coefficient (Wildman–Crippen LogP) is 2.04. The van der Waals surface area contributed by atoms with Gasteiger partial charge in [-0.15, -0.1) is 0 Å². The van der Waals surface area contributed by atoms with Crippen LogP contribution in [0.1, 0.15) is 24.4 Å². The Balaban J connectivity index is 1.76. The Hall–Kier alpha value is -2.45. The van der Waals surface area contributed by atoms with Crippen molar-refractivity contribution in [2.75, 3.05) is 6.54 Å². The normalized spacial score (nSPS) is 19.1. The molecule has 0 spiro atoms. The number of hydrogen-bond donors (Lipinski definition) is 1. The number of nitrogens with one attached hydrogen (secondary N) is 1. The molecule has 124 valence electrons. The molecule has 1 fully saturated rings. The van der Waals surface area contributed by atoms with Gasteiger partial charge in [-0.25, -0.2) is 13.2 Å². The maximum absolute atomic E-state index is 13.0. The quantitative estimate of drug-likeness (QED) is 0.783. The van der Waals surface area contributed by atoms with Crippen LogP contribution >= 0.6 is 0 Å². The lowest BCUT2D eigenvalue weighted by Crippen LogP contribution is -2.30. The zero-order valence-electron chi connectivity index (χ0n) is 12.7. The zero-order chi connectivity index (χ0) is 16.7. The van der Waals surface area contributed by atoms with E-state index in [-0.39, 0.29) is 16.5 Å². The first kappa shape index (κ1) is 15.1. The summed E-state index contributed by atoms with van der Waals surface area (Å²) >= 11 is 0. The van der Waals surface area contributed by atoms with Gasteiger partial charge in [-0.2, -0.15) is 4.31 Å². The van der Waals surface area contributed by atoms with Crippen LogP contribution in [0.5, 0.6) is 0 Å². The van der Waals surface area contributed by atoms with Gasteiger partial charge < -0.3 is 4.42 Å². The fourth-order valence-corrected chi connectivity index (χ4v) is 4.87. The van der Waals surface area contributed by atoms with E-state index in [1.165, 1.54) is 16.4 Å². The van der Waals surface area contributed by atoms with Crippen molar-refractivity contribution in [2.45, 2.75) is 23.8 Å². The molecule has 0 saturated carbocycles. The third-order valence-corrected chi connectivity index (χ3v) is 6.20. The molecule has 1 aliphatic heterocycles. The lowest BCUT2D eigenvalue weighted by molar-refractivity contribution is 0.396. The molecule has 0 radical (unpaired) electrons. The molecule has 7 nitrogen and oxygen atoms in total. The monoisotopic (exact) mass is 345 g/mol. The molecule has 1 unspecified atom stereocenters. The molecular formula is C16H15N3O4S. The van der Waals surface area contributed by atoms with E-state index in [1.807, 2.05) is 12.1 Å². The maximum Gasteiger partial charge on any atom is 0.417 e. The molecule has 1 atom stereocenters. The van der Waals surface area contributed by atoms with Gasteiger partial charge in [-0.1, -0.05) is 0 Å². The molecule has 1 aromatic carbocycles. The predicted molar refractivity (Wildman–Crippen MR) is 86.9 cm³/mol. The van der Waals surface area contributed by atoms with E-state index in [2.05, 4.69) is 9.97 Å². The smallest absolute Gasteiger partial charge is 0.408 e. The van der Waals surface area contributed by atoms with Crippen LogP contribution in [0.25, 0.3) is 11.1 Å². The number of H-pyrrole nitrogens is 1. The summed E-state index contributed by atoms with van der Waals surface area (Å²) in [6.07, 6.45) is 4.90. The maximum atomic E-state index is 13.0. The Morgan fingerprint density at radius 3 is 2.79 bits per heavy atom. The van der Waals surface area contributed by atoms with Gasteiger partial charge in [0.05, 0.1) is 16.5 Å². The molecule has 1 aliphatic rings. The van der Waals surface area contributed by atoms with Crippen LogP contribution in [-0.2, 0) is 10.0 Å². The van der Waals surface area contributed by atoms with Crippen LogP contribution < -0.4 is 5.76 Å². The summed E-state index contributed by atoms with van der Waals surface area (Å²) in [6, 6.07) is 7.91. The molecule has 2 aromatic heterocycles. The largest absolute Gasteiger partial charge is 0.417 e. The highest BCUT2D eigenvalue weighted by atomic mass is 32.2. The Morgan fingerprint density at radius 1 is 1.21 bits per heavy atom. The Kier molecular flexibility index (Phi) is 3.50. The standard InChI is InChI=1S/C16H15N3O4S/c20-16-18-13-4-3-12(10-15(13)23-16)24(21,22)19-9-1-2-14(19)11-5-7-17-8-6-11/h3-8,10,14H,1-2,9H2,(H,18,20). The molecule has 1 N–H and O–H groups in total. The van der Waals surface area contributed by atoms with Gasteiger partial charge in [-0.05, 0) is 42.7 Å².